The van der Waals surface area contributed by atoms with Crippen molar-refractivity contribution in [1.29, 1.82) is 0 Å². The second kappa shape index (κ2) is 9.11. The number of carbonyl (C=O) groups is 3. The lowest BCUT2D eigenvalue weighted by Crippen LogP contribution is -2.58. The molecule has 4 rings (SSSR count). The van der Waals surface area contributed by atoms with Gasteiger partial charge in [-0.1, -0.05) is 48.5 Å². The fourth-order valence-corrected chi connectivity index (χ4v) is 4.48. The number of amides is 2. The van der Waals surface area contributed by atoms with Gasteiger partial charge in [0.05, 0.1) is 0 Å². The lowest BCUT2D eigenvalue weighted by atomic mass is 9.83. The van der Waals surface area contributed by atoms with Crippen LogP contribution in [0.2, 0.25) is 0 Å². The molecule has 2 fully saturated rings. The fraction of sp³-hybridized carbons (Fsp3) is 0.375. The van der Waals surface area contributed by atoms with Crippen molar-refractivity contribution in [3.63, 3.8) is 0 Å². The molecule has 0 aliphatic carbocycles. The topological polar surface area (TPSA) is 66.9 Å². The number of benzene rings is 2. The van der Waals surface area contributed by atoms with E-state index in [1.165, 1.54) is 0 Å². The second-order valence-electron chi connectivity index (χ2n) is 7.89. The number of rotatable bonds is 5. The summed E-state index contributed by atoms with van der Waals surface area (Å²) in [5, 5.41) is 0. The molecule has 156 valence electrons. The van der Waals surface area contributed by atoms with Gasteiger partial charge in [-0.25, -0.2) is 0 Å². The Labute approximate surface area is 176 Å². The van der Waals surface area contributed by atoms with Crippen molar-refractivity contribution < 1.29 is 19.1 Å². The molecular formula is C24H26N2O4. The highest BCUT2D eigenvalue weighted by Crippen LogP contribution is 2.31. The van der Waals surface area contributed by atoms with Crippen molar-refractivity contribution in [1.82, 2.24) is 9.80 Å². The predicted molar refractivity (Wildman–Crippen MR) is 112 cm³/mol. The number of ether oxygens (including phenoxy) is 1. The molecule has 6 nitrogen and oxygen atoms in total. The zero-order valence-electron chi connectivity index (χ0n) is 16.9. The average Bonchev–Trinajstić information content (AvgIpc) is 2.82. The van der Waals surface area contributed by atoms with Crippen molar-refractivity contribution in [3.8, 4) is 5.75 Å². The van der Waals surface area contributed by atoms with Crippen LogP contribution < -0.4 is 4.74 Å². The van der Waals surface area contributed by atoms with Gasteiger partial charge in [-0.3, -0.25) is 14.4 Å². The average molecular weight is 406 g/mol. The van der Waals surface area contributed by atoms with Crippen LogP contribution in [-0.2, 0) is 9.59 Å². The number of carbonyl (C=O) groups excluding carboxylic acids is 3. The molecule has 2 heterocycles. The molecule has 2 aliphatic rings. The molecule has 2 amide bonds. The first-order valence-corrected chi connectivity index (χ1v) is 10.5. The highest BCUT2D eigenvalue weighted by Gasteiger charge is 2.40. The van der Waals surface area contributed by atoms with Crippen LogP contribution in [0, 0.1) is 5.92 Å². The Hall–Kier alpha value is -3.15. The molecule has 0 spiro atoms. The Balaban J connectivity index is 1.36. The molecule has 0 unspecified atom stereocenters. The first-order chi connectivity index (χ1) is 14.6. The normalized spacial score (nSPS) is 20.9. The van der Waals surface area contributed by atoms with E-state index in [0.717, 1.165) is 12.8 Å². The summed E-state index contributed by atoms with van der Waals surface area (Å²) >= 11 is 0. The monoisotopic (exact) mass is 406 g/mol. The predicted octanol–water partition coefficient (Wildman–Crippen LogP) is 2.79. The first kappa shape index (κ1) is 20.1. The molecule has 0 N–H and O–H groups in total. The third kappa shape index (κ3) is 4.37. The molecule has 2 aliphatic heterocycles. The van der Waals surface area contributed by atoms with E-state index in [9.17, 15) is 14.4 Å². The van der Waals surface area contributed by atoms with Crippen LogP contribution in [0.15, 0.2) is 60.7 Å². The van der Waals surface area contributed by atoms with Crippen LogP contribution in [0.4, 0.5) is 0 Å². The van der Waals surface area contributed by atoms with Gasteiger partial charge < -0.3 is 14.5 Å². The number of nitrogens with zero attached hydrogens (tertiary/aromatic N) is 2. The SMILES string of the molecule is O=C(C(=O)N1CCC[C@@H]2CN(C(=O)COc3ccccc3)CC[C@@H]21)c1ccccc1. The minimum Gasteiger partial charge on any atom is -0.484 e. The van der Waals surface area contributed by atoms with E-state index in [4.69, 9.17) is 4.74 Å². The summed E-state index contributed by atoms with van der Waals surface area (Å²) in [6.45, 7) is 1.78. The Morgan fingerprint density at radius 1 is 0.900 bits per heavy atom. The molecule has 2 saturated heterocycles. The van der Waals surface area contributed by atoms with E-state index in [1.54, 1.807) is 29.2 Å². The summed E-state index contributed by atoms with van der Waals surface area (Å²) in [5.74, 6) is -0.0504. The van der Waals surface area contributed by atoms with E-state index in [0.29, 0.717) is 37.4 Å². The van der Waals surface area contributed by atoms with E-state index < -0.39 is 11.7 Å². The van der Waals surface area contributed by atoms with Crippen molar-refractivity contribution in [3.05, 3.63) is 66.2 Å². The van der Waals surface area contributed by atoms with Gasteiger partial charge in [0.1, 0.15) is 5.75 Å². The van der Waals surface area contributed by atoms with Gasteiger partial charge in [-0.2, -0.15) is 0 Å². The second-order valence-corrected chi connectivity index (χ2v) is 7.89. The van der Waals surface area contributed by atoms with Crippen molar-refractivity contribution in [2.45, 2.75) is 25.3 Å². The summed E-state index contributed by atoms with van der Waals surface area (Å²) in [5.41, 5.74) is 0.426. The Morgan fingerprint density at radius 3 is 2.33 bits per heavy atom. The smallest absolute Gasteiger partial charge is 0.295 e. The van der Waals surface area contributed by atoms with Crippen LogP contribution in [-0.4, -0.2) is 59.7 Å². The molecular weight excluding hydrogens is 380 g/mol. The molecule has 0 bridgehead atoms. The van der Waals surface area contributed by atoms with E-state index in [1.807, 2.05) is 41.3 Å². The van der Waals surface area contributed by atoms with Crippen molar-refractivity contribution >= 4 is 17.6 Å². The molecule has 2 aromatic carbocycles. The quantitative estimate of drug-likeness (QED) is 0.566. The standard InChI is InChI=1S/C24H26N2O4/c27-22(17-30-20-11-5-2-6-12-20)25-15-13-21-19(16-25)10-7-14-26(21)24(29)23(28)18-8-3-1-4-9-18/h1-6,8-9,11-12,19,21H,7,10,13-17H2/t19-,21+/m1/s1. The third-order valence-electron chi connectivity index (χ3n) is 6.02. The fourth-order valence-electron chi connectivity index (χ4n) is 4.48. The van der Waals surface area contributed by atoms with Gasteiger partial charge in [0.25, 0.3) is 11.8 Å². The van der Waals surface area contributed by atoms with Crippen molar-refractivity contribution in [2.75, 3.05) is 26.2 Å². The van der Waals surface area contributed by atoms with Gasteiger partial charge in [0.2, 0.25) is 5.78 Å². The molecule has 2 aromatic rings. The van der Waals surface area contributed by atoms with Gasteiger partial charge in [0, 0.05) is 31.2 Å². The van der Waals surface area contributed by atoms with E-state index >= 15 is 0 Å². The largest absolute Gasteiger partial charge is 0.484 e. The number of ketones is 1. The number of Topliss-reactive ketones (excluding diaryl/α,β-unsaturated/α-hetero) is 1. The van der Waals surface area contributed by atoms with Crippen molar-refractivity contribution in [2.24, 2.45) is 5.92 Å². The minimum atomic E-state index is -0.453. The lowest BCUT2D eigenvalue weighted by Gasteiger charge is -2.47. The summed E-state index contributed by atoms with van der Waals surface area (Å²) in [6.07, 6.45) is 2.49. The van der Waals surface area contributed by atoms with Crippen LogP contribution in [0.25, 0.3) is 0 Å². The highest BCUT2D eigenvalue weighted by atomic mass is 16.5. The zero-order chi connectivity index (χ0) is 20.9. The number of likely N-dealkylation sites (tertiary alicyclic amines) is 2. The number of fused-ring (bicyclic) bond motifs is 1. The van der Waals surface area contributed by atoms with Gasteiger partial charge in [-0.15, -0.1) is 0 Å². The maximum atomic E-state index is 12.9. The molecule has 2 atom stereocenters. The van der Waals surface area contributed by atoms with Gasteiger partial charge in [-0.05, 0) is 37.3 Å². The molecule has 6 heteroatoms. The minimum absolute atomic E-state index is 0.0105. The maximum Gasteiger partial charge on any atom is 0.295 e. The molecule has 30 heavy (non-hydrogen) atoms. The van der Waals surface area contributed by atoms with Crippen LogP contribution in [0.1, 0.15) is 29.6 Å². The maximum absolute atomic E-state index is 12.9. The zero-order valence-corrected chi connectivity index (χ0v) is 16.9. The Kier molecular flexibility index (Phi) is 6.12. The highest BCUT2D eigenvalue weighted by molar-refractivity contribution is 6.42. The van der Waals surface area contributed by atoms with E-state index in [-0.39, 0.29) is 24.5 Å². The van der Waals surface area contributed by atoms with Crippen LogP contribution >= 0.6 is 0 Å². The summed E-state index contributed by atoms with van der Waals surface area (Å²) in [7, 11) is 0. The number of hydrogen-bond acceptors (Lipinski definition) is 4. The molecule has 0 radical (unpaired) electrons. The van der Waals surface area contributed by atoms with Crippen LogP contribution in [0.3, 0.4) is 0 Å². The summed E-state index contributed by atoms with van der Waals surface area (Å²) < 4.78 is 5.60. The first-order valence-electron chi connectivity index (χ1n) is 10.5. The van der Waals surface area contributed by atoms with Crippen LogP contribution in [0.5, 0.6) is 5.75 Å². The lowest BCUT2D eigenvalue weighted by molar-refractivity contribution is -0.140. The Bertz CT molecular complexity index is 900. The molecule has 0 aromatic heterocycles. The van der Waals surface area contributed by atoms with E-state index in [2.05, 4.69) is 0 Å². The number of piperidine rings is 2. The summed E-state index contributed by atoms with van der Waals surface area (Å²) in [4.78, 5) is 41.7. The number of hydrogen-bond donors (Lipinski definition) is 0. The third-order valence-corrected chi connectivity index (χ3v) is 6.02. The Morgan fingerprint density at radius 2 is 1.60 bits per heavy atom. The number of para-hydroxylation sites is 1. The summed E-state index contributed by atoms with van der Waals surface area (Å²) in [6, 6.07) is 18.0. The van der Waals surface area contributed by atoms with Gasteiger partial charge in [0.15, 0.2) is 6.61 Å². The van der Waals surface area contributed by atoms with Gasteiger partial charge >= 0.3 is 0 Å². The molecule has 0 saturated carbocycles.